The molecule has 7 rings (SSSR count). The van der Waals surface area contributed by atoms with E-state index >= 15 is 0 Å². The maximum Gasteiger partial charge on any atom is 0.269 e. The molecule has 5 unspecified atom stereocenters. The van der Waals surface area contributed by atoms with Crippen molar-refractivity contribution in [3.63, 3.8) is 0 Å². The van der Waals surface area contributed by atoms with Crippen molar-refractivity contribution in [2.45, 2.75) is 22.4 Å². The predicted molar refractivity (Wildman–Crippen MR) is 73.3 cm³/mol. The van der Waals surface area contributed by atoms with E-state index in [1.165, 1.54) is 24.3 Å². The molecule has 6 bridgehead atoms. The van der Waals surface area contributed by atoms with Crippen LogP contribution in [0, 0.1) is 33.8 Å². The number of nitro groups is 1. The van der Waals surface area contributed by atoms with Crippen molar-refractivity contribution < 1.29 is 13.3 Å². The van der Waals surface area contributed by atoms with Gasteiger partial charge in [0.2, 0.25) is 10.0 Å². The van der Waals surface area contributed by atoms with Gasteiger partial charge in [0.15, 0.2) is 0 Å². The molecule has 0 amide bonds. The molecular weight excluding hydrogens is 316 g/mol. The average Bonchev–Trinajstić information content (AvgIpc) is 2.67. The summed E-state index contributed by atoms with van der Waals surface area (Å²) >= 11 is 6.34. The zero-order chi connectivity index (χ0) is 14.7. The topological polar surface area (TPSA) is 80.5 Å². The molecule has 1 aromatic carbocycles. The Morgan fingerprint density at radius 1 is 1.05 bits per heavy atom. The Balaban J connectivity index is 1.49. The summed E-state index contributed by atoms with van der Waals surface area (Å²) in [7, 11) is -3.56. The van der Waals surface area contributed by atoms with E-state index in [-0.39, 0.29) is 28.0 Å². The fourth-order valence-corrected chi connectivity index (χ4v) is 7.59. The Labute approximate surface area is 125 Å². The first-order chi connectivity index (χ1) is 9.94. The van der Waals surface area contributed by atoms with Gasteiger partial charge in [-0.2, -0.15) is 4.31 Å². The second-order valence-corrected chi connectivity index (χ2v) is 8.67. The summed E-state index contributed by atoms with van der Waals surface area (Å²) in [6.45, 7) is 0. The van der Waals surface area contributed by atoms with Gasteiger partial charge in [-0.05, 0) is 29.9 Å². The molecule has 2 aliphatic heterocycles. The third-order valence-corrected chi connectivity index (χ3v) is 8.21. The molecule has 8 heteroatoms. The lowest BCUT2D eigenvalue weighted by molar-refractivity contribution is -0.384. The van der Waals surface area contributed by atoms with Crippen molar-refractivity contribution in [2.24, 2.45) is 23.7 Å². The van der Waals surface area contributed by atoms with E-state index in [1.807, 2.05) is 0 Å². The summed E-state index contributed by atoms with van der Waals surface area (Å²) in [5, 5.41) is 10.8. The predicted octanol–water partition coefficient (Wildman–Crippen LogP) is 1.45. The Kier molecular flexibility index (Phi) is 2.01. The third-order valence-electron chi connectivity index (χ3n) is 5.72. The van der Waals surface area contributed by atoms with Crippen molar-refractivity contribution in [2.75, 3.05) is 0 Å². The lowest BCUT2D eigenvalue weighted by atomic mass is 9.93. The van der Waals surface area contributed by atoms with Gasteiger partial charge in [-0.3, -0.25) is 10.1 Å². The van der Waals surface area contributed by atoms with E-state index in [0.717, 1.165) is 0 Å². The number of sulfonamides is 1. The maximum atomic E-state index is 12.7. The second-order valence-electron chi connectivity index (χ2n) is 6.32. The van der Waals surface area contributed by atoms with Gasteiger partial charge in [0.05, 0.1) is 9.82 Å². The minimum Gasteiger partial charge on any atom is -0.258 e. The summed E-state index contributed by atoms with van der Waals surface area (Å²) in [6, 6.07) is 5.23. The SMILES string of the molecule is O=[N+]([O-])c1ccc(S(=O)(=O)N2C3C4C5C(Cl)C3C2C54)cc1. The average molecular weight is 327 g/mol. The molecule has 2 heterocycles. The summed E-state index contributed by atoms with van der Waals surface area (Å²) in [6.07, 6.45) is 0. The number of hydrogen-bond acceptors (Lipinski definition) is 4. The van der Waals surface area contributed by atoms with Crippen LogP contribution in [0.3, 0.4) is 0 Å². The number of non-ortho nitro benzene ring substituents is 1. The zero-order valence-corrected chi connectivity index (χ0v) is 12.2. The van der Waals surface area contributed by atoms with Crippen molar-refractivity contribution in [1.29, 1.82) is 0 Å². The van der Waals surface area contributed by atoms with Crippen molar-refractivity contribution in [3.8, 4) is 0 Å². The van der Waals surface area contributed by atoms with Gasteiger partial charge in [0.25, 0.3) is 5.69 Å². The van der Waals surface area contributed by atoms with Crippen LogP contribution in [0.15, 0.2) is 29.2 Å². The number of nitro benzene ring substituents is 1. The highest BCUT2D eigenvalue weighted by Crippen LogP contribution is 2.80. The molecule has 21 heavy (non-hydrogen) atoms. The number of alkyl halides is 1. The second kappa shape index (κ2) is 3.42. The molecular formula is C13H11ClN2O4S. The third kappa shape index (κ3) is 1.19. The summed E-state index contributed by atoms with van der Waals surface area (Å²) in [5.74, 6) is 1.75. The minimum atomic E-state index is -3.56. The summed E-state index contributed by atoms with van der Waals surface area (Å²) in [5.41, 5.74) is -0.105. The van der Waals surface area contributed by atoms with Gasteiger partial charge in [-0.15, -0.1) is 11.6 Å². The van der Waals surface area contributed by atoms with Crippen LogP contribution < -0.4 is 0 Å². The highest BCUT2D eigenvalue weighted by Gasteiger charge is 2.88. The molecule has 5 atom stereocenters. The number of rotatable bonds is 3. The first-order valence-electron chi connectivity index (χ1n) is 6.86. The first kappa shape index (κ1) is 12.4. The van der Waals surface area contributed by atoms with Crippen LogP contribution in [0.2, 0.25) is 0 Å². The van der Waals surface area contributed by atoms with Crippen molar-refractivity contribution in [3.05, 3.63) is 34.4 Å². The Hall–Kier alpha value is -1.18. The van der Waals surface area contributed by atoms with E-state index in [4.69, 9.17) is 11.6 Å². The Morgan fingerprint density at radius 2 is 1.62 bits per heavy atom. The molecule has 4 saturated carbocycles. The van der Waals surface area contributed by atoms with Gasteiger partial charge in [0, 0.05) is 35.5 Å². The zero-order valence-electron chi connectivity index (χ0n) is 10.7. The van der Waals surface area contributed by atoms with Gasteiger partial charge in [-0.1, -0.05) is 0 Å². The number of halogens is 1. The molecule has 6 aliphatic rings. The van der Waals surface area contributed by atoms with E-state index < -0.39 is 14.9 Å². The molecule has 0 spiro atoms. The first-order valence-corrected chi connectivity index (χ1v) is 8.74. The fraction of sp³-hybridized carbons (Fsp3) is 0.538. The lowest BCUT2D eigenvalue weighted by Gasteiger charge is -2.45. The monoisotopic (exact) mass is 326 g/mol. The number of hydrogen-bond donors (Lipinski definition) is 0. The van der Waals surface area contributed by atoms with Gasteiger partial charge >= 0.3 is 0 Å². The number of piperidine rings is 1. The van der Waals surface area contributed by atoms with Crippen LogP contribution >= 0.6 is 11.6 Å². The molecule has 0 N–H and O–H groups in total. The van der Waals surface area contributed by atoms with E-state index in [2.05, 4.69) is 0 Å². The normalized spacial score (nSPS) is 45.5. The molecule has 2 saturated heterocycles. The molecule has 0 radical (unpaired) electrons. The number of nitrogens with zero attached hydrogens (tertiary/aromatic N) is 2. The van der Waals surface area contributed by atoms with Crippen LogP contribution in [0.1, 0.15) is 0 Å². The van der Waals surface area contributed by atoms with E-state index in [9.17, 15) is 18.5 Å². The van der Waals surface area contributed by atoms with Gasteiger partial charge in [0.1, 0.15) is 0 Å². The molecule has 1 aromatic rings. The van der Waals surface area contributed by atoms with Crippen molar-refractivity contribution in [1.82, 2.24) is 4.31 Å². The maximum absolute atomic E-state index is 12.7. The van der Waals surface area contributed by atoms with Gasteiger partial charge < -0.3 is 0 Å². The molecule has 6 fully saturated rings. The van der Waals surface area contributed by atoms with E-state index in [0.29, 0.717) is 23.7 Å². The Bertz CT molecular complexity index is 762. The molecule has 4 aliphatic carbocycles. The van der Waals surface area contributed by atoms with Crippen LogP contribution in [0.25, 0.3) is 0 Å². The summed E-state index contributed by atoms with van der Waals surface area (Å²) < 4.78 is 27.0. The van der Waals surface area contributed by atoms with E-state index in [1.54, 1.807) is 4.31 Å². The standard InChI is InChI=1S/C13H11ClN2O4S/c14-11-7-8-9(7)13-10(11)12(8)15(13)21(19,20)6-3-1-5(2-4-6)16(17)18/h1-4,7-13H. The fourth-order valence-electron chi connectivity index (χ4n) is 5.03. The highest BCUT2D eigenvalue weighted by atomic mass is 35.5. The quantitative estimate of drug-likeness (QED) is 0.478. The van der Waals surface area contributed by atoms with Crippen LogP contribution in [-0.2, 0) is 10.0 Å². The van der Waals surface area contributed by atoms with Crippen LogP contribution in [0.5, 0.6) is 0 Å². The Morgan fingerprint density at radius 3 is 2.05 bits per heavy atom. The smallest absolute Gasteiger partial charge is 0.258 e. The molecule has 6 nitrogen and oxygen atoms in total. The van der Waals surface area contributed by atoms with Crippen LogP contribution in [0.4, 0.5) is 5.69 Å². The molecule has 110 valence electrons. The van der Waals surface area contributed by atoms with Gasteiger partial charge in [-0.25, -0.2) is 8.42 Å². The largest absolute Gasteiger partial charge is 0.269 e. The van der Waals surface area contributed by atoms with Crippen LogP contribution in [-0.4, -0.2) is 35.1 Å². The number of benzene rings is 1. The summed E-state index contributed by atoms with van der Waals surface area (Å²) in [4.78, 5) is 10.2. The lowest BCUT2D eigenvalue weighted by Crippen LogP contribution is -2.60. The molecule has 0 aromatic heterocycles. The highest BCUT2D eigenvalue weighted by molar-refractivity contribution is 7.89. The van der Waals surface area contributed by atoms with Crippen molar-refractivity contribution >= 4 is 27.3 Å². The minimum absolute atomic E-state index is 0.0627.